The van der Waals surface area contributed by atoms with Crippen molar-refractivity contribution >= 4 is 17.5 Å². The number of carbonyl (C=O) groups excluding carboxylic acids is 2. The second kappa shape index (κ2) is 7.05. The van der Waals surface area contributed by atoms with Gasteiger partial charge in [-0.2, -0.15) is 0 Å². The summed E-state index contributed by atoms with van der Waals surface area (Å²) in [6.45, 7) is 6.46. The van der Waals surface area contributed by atoms with Crippen LogP contribution >= 0.6 is 0 Å². The number of nitrogens with zero attached hydrogens (tertiary/aromatic N) is 1. The summed E-state index contributed by atoms with van der Waals surface area (Å²) in [4.78, 5) is 27.9. The Morgan fingerprint density at radius 3 is 2.30 bits per heavy atom. The highest BCUT2D eigenvalue weighted by Crippen LogP contribution is 2.29. The van der Waals surface area contributed by atoms with E-state index in [1.165, 1.54) is 0 Å². The molecule has 0 atom stereocenters. The van der Waals surface area contributed by atoms with Gasteiger partial charge >= 0.3 is 11.8 Å². The fraction of sp³-hybridized carbons (Fsp3) is 0.278. The van der Waals surface area contributed by atoms with E-state index in [0.29, 0.717) is 5.69 Å². The minimum absolute atomic E-state index is 0.128. The van der Waals surface area contributed by atoms with Gasteiger partial charge in [0.2, 0.25) is 0 Å². The number of aromatic nitrogens is 1. The van der Waals surface area contributed by atoms with Gasteiger partial charge in [0.15, 0.2) is 0 Å². The second-order valence-corrected chi connectivity index (χ2v) is 6.29. The lowest BCUT2D eigenvalue weighted by Gasteiger charge is -2.22. The van der Waals surface area contributed by atoms with Gasteiger partial charge in [-0.3, -0.25) is 14.6 Å². The fourth-order valence-corrected chi connectivity index (χ4v) is 2.19. The Bertz CT molecular complexity index is 691. The van der Waals surface area contributed by atoms with Crippen LogP contribution in [0, 0.1) is 0 Å². The number of hydrogen-bond donors (Lipinski definition) is 2. The average molecular weight is 311 g/mol. The number of pyridine rings is 1. The molecule has 0 fully saturated rings. The molecule has 0 bridgehead atoms. The molecule has 0 aliphatic rings. The van der Waals surface area contributed by atoms with Crippen molar-refractivity contribution < 1.29 is 9.59 Å². The number of carbonyl (C=O) groups is 2. The maximum Gasteiger partial charge on any atom is 0.313 e. The van der Waals surface area contributed by atoms with Crippen molar-refractivity contribution in [3.63, 3.8) is 0 Å². The van der Waals surface area contributed by atoms with E-state index in [2.05, 4.69) is 36.4 Å². The van der Waals surface area contributed by atoms with Crippen LogP contribution in [0.2, 0.25) is 0 Å². The second-order valence-electron chi connectivity index (χ2n) is 6.29. The molecule has 120 valence electrons. The number of hydrogen-bond acceptors (Lipinski definition) is 3. The standard InChI is InChI=1S/C18H21N3O2/c1-18(2,3)14-6-4-5-7-15(14)21-17(23)16(22)20-12-13-8-10-19-11-9-13/h4-11H,12H2,1-3H3,(H,20,22)(H,21,23). The van der Waals surface area contributed by atoms with Crippen LogP contribution in [0.3, 0.4) is 0 Å². The third-order valence-corrected chi connectivity index (χ3v) is 3.39. The molecule has 0 radical (unpaired) electrons. The molecule has 2 amide bonds. The van der Waals surface area contributed by atoms with E-state index in [0.717, 1.165) is 11.1 Å². The van der Waals surface area contributed by atoms with E-state index in [-0.39, 0.29) is 12.0 Å². The summed E-state index contributed by atoms with van der Waals surface area (Å²) in [5.41, 5.74) is 2.40. The predicted molar refractivity (Wildman–Crippen MR) is 89.9 cm³/mol. The van der Waals surface area contributed by atoms with Gasteiger partial charge < -0.3 is 10.6 Å². The van der Waals surface area contributed by atoms with Crippen molar-refractivity contribution in [3.8, 4) is 0 Å². The fourth-order valence-electron chi connectivity index (χ4n) is 2.19. The third kappa shape index (κ3) is 4.64. The number of benzene rings is 1. The van der Waals surface area contributed by atoms with Gasteiger partial charge in [0.1, 0.15) is 0 Å². The normalized spacial score (nSPS) is 10.9. The Balaban J connectivity index is 2.01. The molecule has 5 heteroatoms. The molecule has 0 saturated carbocycles. The lowest BCUT2D eigenvalue weighted by Crippen LogP contribution is -2.35. The molecule has 1 aromatic carbocycles. The first-order valence-corrected chi connectivity index (χ1v) is 7.45. The Morgan fingerprint density at radius 2 is 1.65 bits per heavy atom. The van der Waals surface area contributed by atoms with Crippen LogP contribution in [0.25, 0.3) is 0 Å². The van der Waals surface area contributed by atoms with Gasteiger partial charge in [0, 0.05) is 24.6 Å². The predicted octanol–water partition coefficient (Wildman–Crippen LogP) is 2.63. The molecule has 2 aromatic rings. The molecular formula is C18H21N3O2. The van der Waals surface area contributed by atoms with Gasteiger partial charge in [0.25, 0.3) is 0 Å². The number of para-hydroxylation sites is 1. The van der Waals surface area contributed by atoms with Crippen molar-refractivity contribution in [2.45, 2.75) is 32.7 Å². The van der Waals surface area contributed by atoms with Gasteiger partial charge in [-0.25, -0.2) is 0 Å². The summed E-state index contributed by atoms with van der Waals surface area (Å²) < 4.78 is 0. The molecular weight excluding hydrogens is 290 g/mol. The van der Waals surface area contributed by atoms with Crippen LogP contribution in [-0.4, -0.2) is 16.8 Å². The van der Waals surface area contributed by atoms with Crippen molar-refractivity contribution in [1.82, 2.24) is 10.3 Å². The molecule has 2 rings (SSSR count). The quantitative estimate of drug-likeness (QED) is 0.856. The van der Waals surface area contributed by atoms with E-state index in [1.807, 2.05) is 18.2 Å². The van der Waals surface area contributed by atoms with Crippen molar-refractivity contribution in [1.29, 1.82) is 0 Å². The number of amides is 2. The zero-order valence-corrected chi connectivity index (χ0v) is 13.6. The largest absolute Gasteiger partial charge is 0.344 e. The lowest BCUT2D eigenvalue weighted by molar-refractivity contribution is -0.136. The molecule has 5 nitrogen and oxygen atoms in total. The maximum absolute atomic E-state index is 12.1. The summed E-state index contributed by atoms with van der Waals surface area (Å²) >= 11 is 0. The van der Waals surface area contributed by atoms with Crippen LogP contribution < -0.4 is 10.6 Å². The first-order valence-electron chi connectivity index (χ1n) is 7.45. The van der Waals surface area contributed by atoms with E-state index in [4.69, 9.17) is 0 Å². The molecule has 23 heavy (non-hydrogen) atoms. The molecule has 1 aromatic heterocycles. The van der Waals surface area contributed by atoms with Crippen molar-refractivity contribution in [3.05, 3.63) is 59.9 Å². The van der Waals surface area contributed by atoms with Crippen LogP contribution in [0.1, 0.15) is 31.9 Å². The molecule has 0 unspecified atom stereocenters. The first-order chi connectivity index (χ1) is 10.9. The SMILES string of the molecule is CC(C)(C)c1ccccc1NC(=O)C(=O)NCc1ccncc1. The Labute approximate surface area is 136 Å². The Hall–Kier alpha value is -2.69. The highest BCUT2D eigenvalue weighted by atomic mass is 16.2. The topological polar surface area (TPSA) is 71.1 Å². The summed E-state index contributed by atoms with van der Waals surface area (Å²) in [5.74, 6) is -1.33. The Morgan fingerprint density at radius 1 is 1.00 bits per heavy atom. The minimum Gasteiger partial charge on any atom is -0.344 e. The van der Waals surface area contributed by atoms with Crippen molar-refractivity contribution in [2.75, 3.05) is 5.32 Å². The first kappa shape index (κ1) is 16.7. The van der Waals surface area contributed by atoms with Crippen LogP contribution in [0.5, 0.6) is 0 Å². The maximum atomic E-state index is 12.1. The van der Waals surface area contributed by atoms with Crippen LogP contribution in [0.15, 0.2) is 48.8 Å². The van der Waals surface area contributed by atoms with Crippen LogP contribution in [0.4, 0.5) is 5.69 Å². The molecule has 2 N–H and O–H groups in total. The highest BCUT2D eigenvalue weighted by molar-refractivity contribution is 6.39. The summed E-state index contributed by atoms with van der Waals surface area (Å²) in [7, 11) is 0. The van der Waals surface area contributed by atoms with Crippen molar-refractivity contribution in [2.24, 2.45) is 0 Å². The third-order valence-electron chi connectivity index (χ3n) is 3.39. The molecule has 0 saturated heterocycles. The number of rotatable bonds is 3. The van der Waals surface area contributed by atoms with E-state index >= 15 is 0 Å². The zero-order chi connectivity index (χ0) is 16.9. The molecule has 0 aliphatic carbocycles. The zero-order valence-electron chi connectivity index (χ0n) is 13.6. The summed E-state index contributed by atoms with van der Waals surface area (Å²) in [6.07, 6.45) is 3.28. The molecule has 0 aliphatic heterocycles. The van der Waals surface area contributed by atoms with E-state index in [1.54, 1.807) is 30.6 Å². The highest BCUT2D eigenvalue weighted by Gasteiger charge is 2.20. The lowest BCUT2D eigenvalue weighted by atomic mass is 9.86. The van der Waals surface area contributed by atoms with Gasteiger partial charge in [-0.05, 0) is 34.7 Å². The summed E-state index contributed by atoms with van der Waals surface area (Å²) in [5, 5.41) is 5.29. The Kier molecular flexibility index (Phi) is 5.11. The minimum atomic E-state index is -0.671. The average Bonchev–Trinajstić information content (AvgIpc) is 2.53. The number of nitrogens with one attached hydrogen (secondary N) is 2. The van der Waals surface area contributed by atoms with Gasteiger partial charge in [-0.15, -0.1) is 0 Å². The molecule has 1 heterocycles. The number of anilines is 1. The summed E-state index contributed by atoms with van der Waals surface area (Å²) in [6, 6.07) is 11.1. The van der Waals surface area contributed by atoms with Gasteiger partial charge in [-0.1, -0.05) is 39.0 Å². The monoisotopic (exact) mass is 311 g/mol. The van der Waals surface area contributed by atoms with Crippen LogP contribution in [-0.2, 0) is 21.5 Å². The van der Waals surface area contributed by atoms with E-state index in [9.17, 15) is 9.59 Å². The molecule has 0 spiro atoms. The van der Waals surface area contributed by atoms with Gasteiger partial charge in [0.05, 0.1) is 0 Å². The van der Waals surface area contributed by atoms with E-state index < -0.39 is 11.8 Å². The smallest absolute Gasteiger partial charge is 0.313 e.